The van der Waals surface area contributed by atoms with Gasteiger partial charge in [0, 0.05) is 12.6 Å². The molecule has 0 aliphatic carbocycles. The molecule has 2 rings (SSSR count). The van der Waals surface area contributed by atoms with E-state index in [2.05, 4.69) is 15.6 Å². The third kappa shape index (κ3) is 3.26. The summed E-state index contributed by atoms with van der Waals surface area (Å²) in [6, 6.07) is 3.63. The van der Waals surface area contributed by atoms with Gasteiger partial charge in [-0.1, -0.05) is 11.6 Å². The average molecular weight is 270 g/mol. The molecule has 0 bridgehead atoms. The molecule has 0 saturated carbocycles. The van der Waals surface area contributed by atoms with Gasteiger partial charge in [-0.25, -0.2) is 4.98 Å². The van der Waals surface area contributed by atoms with Crippen molar-refractivity contribution in [1.82, 2.24) is 4.98 Å². The molecule has 1 aliphatic rings. The van der Waals surface area contributed by atoms with Crippen LogP contribution in [0.25, 0.3) is 0 Å². The topological polar surface area (TPSA) is 63.2 Å². The molecular formula is C12H16ClN3O2. The Morgan fingerprint density at radius 3 is 3.22 bits per heavy atom. The first-order chi connectivity index (χ1) is 8.69. The fourth-order valence-corrected chi connectivity index (χ4v) is 2.06. The van der Waals surface area contributed by atoms with E-state index in [1.165, 1.54) is 0 Å². The SMILES string of the molecule is CCOC(=O)CC1CCNc2ccc(Cl)nc2N1. The number of hydrogen-bond acceptors (Lipinski definition) is 5. The number of aromatic nitrogens is 1. The highest BCUT2D eigenvalue weighted by Gasteiger charge is 2.19. The van der Waals surface area contributed by atoms with E-state index in [1.54, 1.807) is 13.0 Å². The number of ether oxygens (including phenoxy) is 1. The minimum Gasteiger partial charge on any atom is -0.466 e. The third-order valence-corrected chi connectivity index (χ3v) is 2.94. The molecule has 1 atom stereocenters. The first kappa shape index (κ1) is 13.0. The van der Waals surface area contributed by atoms with Gasteiger partial charge >= 0.3 is 5.97 Å². The van der Waals surface area contributed by atoms with E-state index >= 15 is 0 Å². The highest BCUT2D eigenvalue weighted by atomic mass is 35.5. The Hall–Kier alpha value is -1.49. The second kappa shape index (κ2) is 5.91. The molecule has 2 N–H and O–H groups in total. The van der Waals surface area contributed by atoms with Gasteiger partial charge in [-0.3, -0.25) is 4.79 Å². The summed E-state index contributed by atoms with van der Waals surface area (Å²) in [6.07, 6.45) is 1.16. The summed E-state index contributed by atoms with van der Waals surface area (Å²) < 4.78 is 4.95. The summed E-state index contributed by atoms with van der Waals surface area (Å²) in [7, 11) is 0. The molecule has 0 radical (unpaired) electrons. The predicted molar refractivity (Wildman–Crippen MR) is 71.0 cm³/mol. The van der Waals surface area contributed by atoms with Crippen molar-refractivity contribution in [1.29, 1.82) is 0 Å². The van der Waals surface area contributed by atoms with Crippen LogP contribution in [0.2, 0.25) is 5.15 Å². The van der Waals surface area contributed by atoms with Gasteiger partial charge < -0.3 is 15.4 Å². The second-order valence-electron chi connectivity index (χ2n) is 4.10. The number of nitrogens with zero attached hydrogens (tertiary/aromatic N) is 1. The number of hydrogen-bond donors (Lipinski definition) is 2. The summed E-state index contributed by atoms with van der Waals surface area (Å²) in [5.41, 5.74) is 0.908. The lowest BCUT2D eigenvalue weighted by molar-refractivity contribution is -0.143. The highest BCUT2D eigenvalue weighted by Crippen LogP contribution is 2.26. The van der Waals surface area contributed by atoms with Crippen LogP contribution in [-0.4, -0.2) is 30.1 Å². The minimum atomic E-state index is -0.194. The van der Waals surface area contributed by atoms with E-state index < -0.39 is 0 Å². The van der Waals surface area contributed by atoms with Crippen molar-refractivity contribution < 1.29 is 9.53 Å². The lowest BCUT2D eigenvalue weighted by atomic mass is 10.1. The standard InChI is InChI=1S/C12H16ClN3O2/c1-2-18-11(17)7-8-5-6-14-9-3-4-10(13)16-12(9)15-8/h3-4,8,14H,2,5-7H2,1H3,(H,15,16). The maximum absolute atomic E-state index is 11.5. The molecule has 5 nitrogen and oxygen atoms in total. The normalized spacial score (nSPS) is 18.0. The molecule has 6 heteroatoms. The van der Waals surface area contributed by atoms with E-state index in [4.69, 9.17) is 16.3 Å². The first-order valence-corrected chi connectivity index (χ1v) is 6.39. The number of halogens is 1. The van der Waals surface area contributed by atoms with Gasteiger partial charge in [0.25, 0.3) is 0 Å². The molecule has 0 fully saturated rings. The Bertz CT molecular complexity index is 439. The molecule has 0 saturated heterocycles. The monoisotopic (exact) mass is 269 g/mol. The maximum Gasteiger partial charge on any atom is 0.307 e. The summed E-state index contributed by atoms with van der Waals surface area (Å²) in [6.45, 7) is 2.99. The Labute approximate surface area is 111 Å². The molecule has 1 aromatic heterocycles. The molecule has 0 spiro atoms. The summed E-state index contributed by atoms with van der Waals surface area (Å²) >= 11 is 5.86. The quantitative estimate of drug-likeness (QED) is 0.651. The molecule has 2 heterocycles. The van der Waals surface area contributed by atoms with Crippen LogP contribution in [0, 0.1) is 0 Å². The van der Waals surface area contributed by atoms with Gasteiger partial charge in [0.1, 0.15) is 5.15 Å². The molecule has 18 heavy (non-hydrogen) atoms. The number of nitrogens with one attached hydrogen (secondary N) is 2. The Morgan fingerprint density at radius 2 is 2.44 bits per heavy atom. The molecule has 1 aromatic rings. The van der Waals surface area contributed by atoms with Crippen molar-refractivity contribution in [3.63, 3.8) is 0 Å². The number of carbonyl (C=O) groups is 1. The Kier molecular flexibility index (Phi) is 4.25. The van der Waals surface area contributed by atoms with Crippen LogP contribution >= 0.6 is 11.6 Å². The Balaban J connectivity index is 2.06. The van der Waals surface area contributed by atoms with Crippen molar-refractivity contribution in [3.8, 4) is 0 Å². The lowest BCUT2D eigenvalue weighted by Crippen LogP contribution is -2.25. The van der Waals surface area contributed by atoms with Gasteiger partial charge in [0.2, 0.25) is 0 Å². The van der Waals surface area contributed by atoms with Gasteiger partial charge in [-0.05, 0) is 25.5 Å². The number of carbonyl (C=O) groups excluding carboxylic acids is 1. The van der Waals surface area contributed by atoms with Crippen LogP contribution in [0.4, 0.5) is 11.5 Å². The molecule has 98 valence electrons. The zero-order valence-corrected chi connectivity index (χ0v) is 11.0. The molecular weight excluding hydrogens is 254 g/mol. The molecule has 1 unspecified atom stereocenters. The summed E-state index contributed by atoms with van der Waals surface area (Å²) in [5, 5.41) is 6.91. The number of pyridine rings is 1. The van der Waals surface area contributed by atoms with Gasteiger partial charge in [0.15, 0.2) is 5.82 Å². The van der Waals surface area contributed by atoms with Crippen LogP contribution in [0.15, 0.2) is 12.1 Å². The van der Waals surface area contributed by atoms with E-state index in [1.807, 2.05) is 6.07 Å². The molecule has 0 aromatic carbocycles. The summed E-state index contributed by atoms with van der Waals surface area (Å²) in [4.78, 5) is 15.7. The zero-order chi connectivity index (χ0) is 13.0. The predicted octanol–water partition coefficient (Wildman–Crippen LogP) is 2.28. The van der Waals surface area contributed by atoms with Crippen molar-refractivity contribution >= 4 is 29.1 Å². The van der Waals surface area contributed by atoms with E-state index in [9.17, 15) is 4.79 Å². The lowest BCUT2D eigenvalue weighted by Gasteiger charge is -2.15. The van der Waals surface area contributed by atoms with Gasteiger partial charge in [-0.2, -0.15) is 0 Å². The van der Waals surface area contributed by atoms with E-state index in [0.717, 1.165) is 18.7 Å². The Morgan fingerprint density at radius 1 is 1.61 bits per heavy atom. The fourth-order valence-electron chi connectivity index (χ4n) is 1.91. The molecule has 1 aliphatic heterocycles. The fraction of sp³-hybridized carbons (Fsp3) is 0.500. The van der Waals surface area contributed by atoms with Crippen LogP contribution in [0.1, 0.15) is 19.8 Å². The van der Waals surface area contributed by atoms with E-state index in [-0.39, 0.29) is 12.0 Å². The van der Waals surface area contributed by atoms with Crippen molar-refractivity contribution in [3.05, 3.63) is 17.3 Å². The third-order valence-electron chi connectivity index (χ3n) is 2.73. The number of anilines is 2. The van der Waals surface area contributed by atoms with Crippen molar-refractivity contribution in [2.75, 3.05) is 23.8 Å². The second-order valence-corrected chi connectivity index (χ2v) is 4.48. The van der Waals surface area contributed by atoms with E-state index in [0.29, 0.717) is 24.0 Å². The zero-order valence-electron chi connectivity index (χ0n) is 10.2. The average Bonchev–Trinajstić information content (AvgIpc) is 2.50. The van der Waals surface area contributed by atoms with Crippen LogP contribution in [-0.2, 0) is 9.53 Å². The van der Waals surface area contributed by atoms with Crippen LogP contribution in [0.5, 0.6) is 0 Å². The highest BCUT2D eigenvalue weighted by molar-refractivity contribution is 6.29. The number of esters is 1. The van der Waals surface area contributed by atoms with Crippen LogP contribution < -0.4 is 10.6 Å². The molecule has 0 amide bonds. The maximum atomic E-state index is 11.5. The van der Waals surface area contributed by atoms with Crippen molar-refractivity contribution in [2.45, 2.75) is 25.8 Å². The van der Waals surface area contributed by atoms with Gasteiger partial charge in [0.05, 0.1) is 18.7 Å². The first-order valence-electron chi connectivity index (χ1n) is 6.01. The van der Waals surface area contributed by atoms with Crippen LogP contribution in [0.3, 0.4) is 0 Å². The minimum absolute atomic E-state index is 0.0174. The van der Waals surface area contributed by atoms with Crippen molar-refractivity contribution in [2.24, 2.45) is 0 Å². The number of fused-ring (bicyclic) bond motifs is 1. The van der Waals surface area contributed by atoms with Gasteiger partial charge in [-0.15, -0.1) is 0 Å². The summed E-state index contributed by atoms with van der Waals surface area (Å²) in [5.74, 6) is 0.495. The smallest absolute Gasteiger partial charge is 0.307 e. The largest absolute Gasteiger partial charge is 0.466 e. The number of rotatable bonds is 3.